The van der Waals surface area contributed by atoms with Crippen LogP contribution in [-0.4, -0.2) is 12.5 Å². The topological polar surface area (TPSA) is 41.1 Å². The summed E-state index contributed by atoms with van der Waals surface area (Å²) in [5, 5.41) is 0. The molecule has 0 radical (unpaired) electrons. The van der Waals surface area contributed by atoms with E-state index in [2.05, 4.69) is 45.5 Å². The Labute approximate surface area is 126 Å². The van der Waals surface area contributed by atoms with Crippen molar-refractivity contribution in [3.63, 3.8) is 0 Å². The van der Waals surface area contributed by atoms with E-state index < -0.39 is 0 Å². The molecule has 0 aromatic rings. The number of amides is 1. The Bertz CT molecular complexity index is 249. The van der Waals surface area contributed by atoms with E-state index >= 15 is 0 Å². The SMILES string of the molecule is CCCCCC(CC)C(CC)(CC)C(=O)NNCCC. The summed E-state index contributed by atoms with van der Waals surface area (Å²) in [7, 11) is 0. The van der Waals surface area contributed by atoms with E-state index in [0.29, 0.717) is 5.92 Å². The normalized spacial score (nSPS) is 13.2. The van der Waals surface area contributed by atoms with Crippen molar-refractivity contribution in [3.8, 4) is 0 Å². The quantitative estimate of drug-likeness (QED) is 0.411. The molecule has 0 spiro atoms. The van der Waals surface area contributed by atoms with E-state index in [1.807, 2.05) is 0 Å². The standard InChI is InChI=1S/C17H36N2O/c1-6-11-12-13-15(8-3)17(9-4,10-5)16(20)19-18-14-7-2/h15,18H,6-14H2,1-5H3,(H,19,20). The number of unbranched alkanes of at least 4 members (excludes halogenated alkanes) is 2. The van der Waals surface area contributed by atoms with Gasteiger partial charge in [-0.2, -0.15) is 0 Å². The number of hydrazine groups is 1. The molecule has 0 aliphatic rings. The molecule has 0 saturated carbocycles. The largest absolute Gasteiger partial charge is 0.291 e. The average molecular weight is 284 g/mol. The van der Waals surface area contributed by atoms with Gasteiger partial charge in [-0.3, -0.25) is 10.2 Å². The fourth-order valence-electron chi connectivity index (χ4n) is 3.24. The molecule has 20 heavy (non-hydrogen) atoms. The Balaban J connectivity index is 4.78. The molecular formula is C17H36N2O. The summed E-state index contributed by atoms with van der Waals surface area (Å²) in [5.74, 6) is 0.687. The fourth-order valence-corrected chi connectivity index (χ4v) is 3.24. The number of hydrogen-bond acceptors (Lipinski definition) is 2. The smallest absolute Gasteiger partial charge is 0.240 e. The minimum atomic E-state index is -0.205. The summed E-state index contributed by atoms with van der Waals surface area (Å²) < 4.78 is 0. The lowest BCUT2D eigenvalue weighted by Gasteiger charge is -2.38. The van der Waals surface area contributed by atoms with Gasteiger partial charge in [-0.25, -0.2) is 5.43 Å². The molecule has 1 atom stereocenters. The maximum atomic E-state index is 12.7. The summed E-state index contributed by atoms with van der Waals surface area (Å²) in [6, 6.07) is 0. The first-order valence-electron chi connectivity index (χ1n) is 8.66. The van der Waals surface area contributed by atoms with Crippen LogP contribution in [0.4, 0.5) is 0 Å². The summed E-state index contributed by atoms with van der Waals surface area (Å²) in [5.41, 5.74) is 5.79. The molecule has 0 aromatic heterocycles. The molecule has 120 valence electrons. The molecule has 3 heteroatoms. The summed E-state index contributed by atoms with van der Waals surface area (Å²) >= 11 is 0. The Hall–Kier alpha value is -0.570. The minimum absolute atomic E-state index is 0.194. The second-order valence-corrected chi connectivity index (χ2v) is 5.85. The Morgan fingerprint density at radius 2 is 1.65 bits per heavy atom. The molecule has 0 aliphatic heterocycles. The van der Waals surface area contributed by atoms with Crippen LogP contribution in [0.5, 0.6) is 0 Å². The van der Waals surface area contributed by atoms with Gasteiger partial charge in [0.15, 0.2) is 0 Å². The molecule has 0 rings (SSSR count). The van der Waals surface area contributed by atoms with Gasteiger partial charge in [0.1, 0.15) is 0 Å². The van der Waals surface area contributed by atoms with Crippen LogP contribution < -0.4 is 10.9 Å². The van der Waals surface area contributed by atoms with Crippen molar-refractivity contribution in [2.24, 2.45) is 11.3 Å². The molecule has 0 heterocycles. The van der Waals surface area contributed by atoms with Gasteiger partial charge in [0.25, 0.3) is 0 Å². The molecule has 0 aromatic carbocycles. The minimum Gasteiger partial charge on any atom is -0.291 e. The van der Waals surface area contributed by atoms with Crippen LogP contribution in [0.2, 0.25) is 0 Å². The zero-order chi connectivity index (χ0) is 15.4. The van der Waals surface area contributed by atoms with Gasteiger partial charge in [-0.05, 0) is 31.6 Å². The van der Waals surface area contributed by atoms with E-state index in [9.17, 15) is 4.79 Å². The van der Waals surface area contributed by atoms with E-state index in [1.54, 1.807) is 0 Å². The van der Waals surface area contributed by atoms with Crippen molar-refractivity contribution in [2.45, 2.75) is 86.0 Å². The van der Waals surface area contributed by atoms with Gasteiger partial charge in [0.2, 0.25) is 5.91 Å². The van der Waals surface area contributed by atoms with Gasteiger partial charge < -0.3 is 0 Å². The Morgan fingerprint density at radius 1 is 1.00 bits per heavy atom. The van der Waals surface area contributed by atoms with Crippen molar-refractivity contribution in [1.82, 2.24) is 10.9 Å². The van der Waals surface area contributed by atoms with Crippen LogP contribution in [0.15, 0.2) is 0 Å². The van der Waals surface area contributed by atoms with Crippen LogP contribution in [0.3, 0.4) is 0 Å². The first-order chi connectivity index (χ1) is 9.62. The molecule has 0 fully saturated rings. The third-order valence-corrected chi connectivity index (χ3v) is 4.72. The molecule has 0 aliphatic carbocycles. The van der Waals surface area contributed by atoms with Gasteiger partial charge in [0.05, 0.1) is 5.41 Å². The van der Waals surface area contributed by atoms with E-state index in [0.717, 1.165) is 32.2 Å². The molecule has 1 amide bonds. The maximum absolute atomic E-state index is 12.7. The van der Waals surface area contributed by atoms with Crippen molar-refractivity contribution in [2.75, 3.05) is 6.54 Å². The lowest BCUT2D eigenvalue weighted by molar-refractivity contribution is -0.136. The third kappa shape index (κ3) is 5.43. The van der Waals surface area contributed by atoms with Crippen molar-refractivity contribution in [1.29, 1.82) is 0 Å². The highest BCUT2D eigenvalue weighted by Crippen LogP contribution is 2.40. The average Bonchev–Trinajstić information content (AvgIpc) is 2.47. The van der Waals surface area contributed by atoms with Crippen LogP contribution in [0.1, 0.15) is 86.0 Å². The predicted octanol–water partition coefficient (Wildman–Crippen LogP) is 4.43. The molecule has 2 N–H and O–H groups in total. The fraction of sp³-hybridized carbons (Fsp3) is 0.941. The molecule has 1 unspecified atom stereocenters. The zero-order valence-electron chi connectivity index (χ0n) is 14.3. The third-order valence-electron chi connectivity index (χ3n) is 4.72. The van der Waals surface area contributed by atoms with E-state index in [1.165, 1.54) is 25.7 Å². The monoisotopic (exact) mass is 284 g/mol. The highest BCUT2D eigenvalue weighted by Gasteiger charge is 2.41. The number of carbonyl (C=O) groups excluding carboxylic acids is 1. The van der Waals surface area contributed by atoms with Gasteiger partial charge in [0, 0.05) is 6.54 Å². The van der Waals surface area contributed by atoms with Gasteiger partial charge in [-0.1, -0.05) is 60.3 Å². The molecule has 3 nitrogen and oxygen atoms in total. The first kappa shape index (κ1) is 19.4. The highest BCUT2D eigenvalue weighted by molar-refractivity contribution is 5.82. The molecule has 0 bridgehead atoms. The predicted molar refractivity (Wildman–Crippen MR) is 87.4 cm³/mol. The second-order valence-electron chi connectivity index (χ2n) is 5.85. The summed E-state index contributed by atoms with van der Waals surface area (Å²) in [4.78, 5) is 12.7. The van der Waals surface area contributed by atoms with Gasteiger partial charge in [-0.15, -0.1) is 0 Å². The van der Waals surface area contributed by atoms with E-state index in [4.69, 9.17) is 0 Å². The van der Waals surface area contributed by atoms with Crippen LogP contribution in [0.25, 0.3) is 0 Å². The lowest BCUT2D eigenvalue weighted by atomic mass is 9.67. The maximum Gasteiger partial charge on any atom is 0.240 e. The van der Waals surface area contributed by atoms with Crippen molar-refractivity contribution < 1.29 is 4.79 Å². The highest BCUT2D eigenvalue weighted by atomic mass is 16.2. The summed E-state index contributed by atoms with van der Waals surface area (Å²) in [6.07, 6.45) is 8.90. The van der Waals surface area contributed by atoms with Crippen LogP contribution >= 0.6 is 0 Å². The molecular weight excluding hydrogens is 248 g/mol. The number of nitrogens with one attached hydrogen (secondary N) is 2. The van der Waals surface area contributed by atoms with Crippen molar-refractivity contribution >= 4 is 5.91 Å². The lowest BCUT2D eigenvalue weighted by Crippen LogP contribution is -2.50. The van der Waals surface area contributed by atoms with Crippen LogP contribution in [-0.2, 0) is 4.79 Å². The van der Waals surface area contributed by atoms with Crippen molar-refractivity contribution in [3.05, 3.63) is 0 Å². The van der Waals surface area contributed by atoms with Crippen LogP contribution in [0, 0.1) is 11.3 Å². The molecule has 0 saturated heterocycles. The number of hydrogen-bond donors (Lipinski definition) is 2. The Kier molecular flexibility index (Phi) is 10.8. The van der Waals surface area contributed by atoms with Gasteiger partial charge >= 0.3 is 0 Å². The number of rotatable bonds is 12. The zero-order valence-corrected chi connectivity index (χ0v) is 14.3. The second kappa shape index (κ2) is 11.1. The first-order valence-corrected chi connectivity index (χ1v) is 8.66. The number of carbonyl (C=O) groups is 1. The Morgan fingerprint density at radius 3 is 2.10 bits per heavy atom. The van der Waals surface area contributed by atoms with E-state index in [-0.39, 0.29) is 11.3 Å². The summed E-state index contributed by atoms with van der Waals surface area (Å²) in [6.45, 7) is 11.7.